The molecule has 3 aromatic rings. The molecule has 2 N–H and O–H groups in total. The number of ether oxygens (including phenoxy) is 1. The second kappa shape index (κ2) is 8.14. The van der Waals surface area contributed by atoms with Gasteiger partial charge >= 0.3 is 0 Å². The van der Waals surface area contributed by atoms with E-state index in [9.17, 15) is 13.2 Å². The number of para-hydroxylation sites is 2. The minimum Gasteiger partial charge on any atom is -0.495 e. The molecule has 0 fully saturated rings. The summed E-state index contributed by atoms with van der Waals surface area (Å²) in [6.45, 7) is 1.92. The fraction of sp³-hybridized carbons (Fsp3) is 0.0952. The van der Waals surface area contributed by atoms with Gasteiger partial charge in [-0.15, -0.1) is 0 Å². The molecule has 6 nitrogen and oxygen atoms in total. The predicted octanol–water partition coefficient (Wildman–Crippen LogP) is 4.06. The summed E-state index contributed by atoms with van der Waals surface area (Å²) in [7, 11) is -2.31. The van der Waals surface area contributed by atoms with Crippen LogP contribution in [0.3, 0.4) is 0 Å². The van der Waals surface area contributed by atoms with E-state index < -0.39 is 15.9 Å². The van der Waals surface area contributed by atoms with Gasteiger partial charge in [0.15, 0.2) is 0 Å². The summed E-state index contributed by atoms with van der Waals surface area (Å²) in [5.41, 5.74) is 2.20. The van der Waals surface area contributed by atoms with Crippen LogP contribution in [-0.2, 0) is 10.0 Å². The highest BCUT2D eigenvalue weighted by atomic mass is 32.2. The number of aryl methyl sites for hydroxylation is 1. The van der Waals surface area contributed by atoms with Gasteiger partial charge in [-0.2, -0.15) is 0 Å². The maximum absolute atomic E-state index is 12.7. The summed E-state index contributed by atoms with van der Waals surface area (Å²) in [6, 6.07) is 19.8. The number of benzene rings is 3. The maximum Gasteiger partial charge on any atom is 0.261 e. The summed E-state index contributed by atoms with van der Waals surface area (Å²) in [4.78, 5) is 12.6. The molecular formula is C21H20N2O4S. The van der Waals surface area contributed by atoms with Crippen molar-refractivity contribution in [3.05, 3.63) is 83.9 Å². The van der Waals surface area contributed by atoms with Crippen molar-refractivity contribution in [2.75, 3.05) is 17.1 Å². The number of anilines is 2. The van der Waals surface area contributed by atoms with Crippen molar-refractivity contribution >= 4 is 27.3 Å². The standard InChI is InChI=1S/C21H20N2O4S/c1-15-10-12-17(13-11-15)23-28(25,26)18-7-5-6-16(14-18)21(24)22-19-8-3-4-9-20(19)27-2/h3-14,23H,1-2H3,(H,22,24). The number of nitrogens with one attached hydrogen (secondary N) is 2. The first-order valence-corrected chi connectivity index (χ1v) is 10.0. The van der Waals surface area contributed by atoms with Crippen LogP contribution in [-0.4, -0.2) is 21.4 Å². The molecule has 0 saturated carbocycles. The quantitative estimate of drug-likeness (QED) is 0.658. The molecule has 0 bridgehead atoms. The average molecular weight is 396 g/mol. The number of hydrogen-bond donors (Lipinski definition) is 2. The van der Waals surface area contributed by atoms with Crippen LogP contribution >= 0.6 is 0 Å². The molecular weight excluding hydrogens is 376 g/mol. The van der Waals surface area contributed by atoms with Crippen molar-refractivity contribution in [2.45, 2.75) is 11.8 Å². The van der Waals surface area contributed by atoms with Crippen molar-refractivity contribution in [2.24, 2.45) is 0 Å². The first kappa shape index (κ1) is 19.4. The van der Waals surface area contributed by atoms with Gasteiger partial charge in [0, 0.05) is 11.3 Å². The van der Waals surface area contributed by atoms with Gasteiger partial charge < -0.3 is 10.1 Å². The zero-order chi connectivity index (χ0) is 20.1. The maximum atomic E-state index is 12.7. The van der Waals surface area contributed by atoms with Crippen LogP contribution in [0.4, 0.5) is 11.4 Å². The molecule has 144 valence electrons. The highest BCUT2D eigenvalue weighted by Gasteiger charge is 2.17. The number of carbonyl (C=O) groups is 1. The van der Waals surface area contributed by atoms with E-state index in [1.807, 2.05) is 19.1 Å². The Morgan fingerprint density at radius 3 is 2.36 bits per heavy atom. The molecule has 0 heterocycles. The van der Waals surface area contributed by atoms with E-state index in [2.05, 4.69) is 10.0 Å². The zero-order valence-electron chi connectivity index (χ0n) is 15.5. The molecule has 7 heteroatoms. The van der Waals surface area contributed by atoms with Crippen LogP contribution in [0.25, 0.3) is 0 Å². The highest BCUT2D eigenvalue weighted by Crippen LogP contribution is 2.24. The van der Waals surface area contributed by atoms with Crippen molar-refractivity contribution < 1.29 is 17.9 Å². The molecule has 0 saturated heterocycles. The van der Waals surface area contributed by atoms with Gasteiger partial charge in [0.1, 0.15) is 5.75 Å². The van der Waals surface area contributed by atoms with Crippen LogP contribution in [0.5, 0.6) is 5.75 Å². The van der Waals surface area contributed by atoms with Crippen LogP contribution in [0.2, 0.25) is 0 Å². The van der Waals surface area contributed by atoms with Crippen LogP contribution in [0.1, 0.15) is 15.9 Å². The molecule has 0 radical (unpaired) electrons. The van der Waals surface area contributed by atoms with Crippen LogP contribution < -0.4 is 14.8 Å². The van der Waals surface area contributed by atoms with Crippen molar-refractivity contribution in [1.82, 2.24) is 0 Å². The Morgan fingerprint density at radius 2 is 1.64 bits per heavy atom. The van der Waals surface area contributed by atoms with Gasteiger partial charge in [-0.1, -0.05) is 35.9 Å². The molecule has 3 rings (SSSR count). The molecule has 0 aromatic heterocycles. The van der Waals surface area contributed by atoms with E-state index in [0.29, 0.717) is 17.1 Å². The summed E-state index contributed by atoms with van der Waals surface area (Å²) in [5.74, 6) is 0.0811. The Bertz CT molecular complexity index is 1090. The Balaban J connectivity index is 1.83. The fourth-order valence-corrected chi connectivity index (χ4v) is 3.69. The van der Waals surface area contributed by atoms with Gasteiger partial charge in [0.2, 0.25) is 0 Å². The lowest BCUT2D eigenvalue weighted by Gasteiger charge is -2.11. The van der Waals surface area contributed by atoms with Crippen LogP contribution in [0.15, 0.2) is 77.7 Å². The molecule has 0 spiro atoms. The smallest absolute Gasteiger partial charge is 0.261 e. The first-order valence-electron chi connectivity index (χ1n) is 8.53. The lowest BCUT2D eigenvalue weighted by molar-refractivity contribution is 0.102. The summed E-state index contributed by atoms with van der Waals surface area (Å²) in [6.07, 6.45) is 0. The van der Waals surface area contributed by atoms with E-state index in [4.69, 9.17) is 4.74 Å². The van der Waals surface area contributed by atoms with Gasteiger partial charge in [-0.3, -0.25) is 9.52 Å². The second-order valence-corrected chi connectivity index (χ2v) is 7.84. The lowest BCUT2D eigenvalue weighted by Crippen LogP contribution is -2.16. The monoisotopic (exact) mass is 396 g/mol. The van der Waals surface area contributed by atoms with E-state index >= 15 is 0 Å². The third-order valence-corrected chi connectivity index (χ3v) is 5.44. The number of carbonyl (C=O) groups excluding carboxylic acids is 1. The highest BCUT2D eigenvalue weighted by molar-refractivity contribution is 7.92. The summed E-state index contributed by atoms with van der Waals surface area (Å²) in [5, 5.41) is 2.73. The van der Waals surface area contributed by atoms with Crippen molar-refractivity contribution in [1.29, 1.82) is 0 Å². The molecule has 28 heavy (non-hydrogen) atoms. The lowest BCUT2D eigenvalue weighted by atomic mass is 10.2. The van der Waals surface area contributed by atoms with Gasteiger partial charge in [-0.05, 0) is 49.4 Å². The second-order valence-electron chi connectivity index (χ2n) is 6.15. The third-order valence-electron chi connectivity index (χ3n) is 4.07. The van der Waals surface area contributed by atoms with E-state index in [1.165, 1.54) is 25.3 Å². The first-order chi connectivity index (χ1) is 13.4. The molecule has 1 amide bonds. The van der Waals surface area contributed by atoms with Gasteiger partial charge in [-0.25, -0.2) is 8.42 Å². The number of sulfonamides is 1. The Morgan fingerprint density at radius 1 is 0.929 bits per heavy atom. The molecule has 0 unspecified atom stereocenters. The largest absolute Gasteiger partial charge is 0.495 e. The number of amides is 1. The van der Waals surface area contributed by atoms with Gasteiger partial charge in [0.25, 0.3) is 15.9 Å². The summed E-state index contributed by atoms with van der Waals surface area (Å²) >= 11 is 0. The third kappa shape index (κ3) is 4.50. The minimum atomic E-state index is -3.82. The Hall–Kier alpha value is -3.32. The minimum absolute atomic E-state index is 0.000696. The zero-order valence-corrected chi connectivity index (χ0v) is 16.3. The normalized spacial score (nSPS) is 10.9. The van der Waals surface area contributed by atoms with Gasteiger partial charge in [0.05, 0.1) is 17.7 Å². The predicted molar refractivity (Wildman–Crippen MR) is 109 cm³/mol. The molecule has 0 aliphatic heterocycles. The number of methoxy groups -OCH3 is 1. The van der Waals surface area contributed by atoms with Crippen molar-refractivity contribution in [3.63, 3.8) is 0 Å². The van der Waals surface area contributed by atoms with Crippen LogP contribution in [0, 0.1) is 6.92 Å². The molecule has 3 aromatic carbocycles. The van der Waals surface area contributed by atoms with E-state index in [0.717, 1.165) is 5.56 Å². The fourth-order valence-electron chi connectivity index (χ4n) is 2.58. The number of hydrogen-bond acceptors (Lipinski definition) is 4. The summed E-state index contributed by atoms with van der Waals surface area (Å²) < 4.78 is 33.0. The van der Waals surface area contributed by atoms with E-state index in [1.54, 1.807) is 42.5 Å². The molecule has 0 aliphatic carbocycles. The SMILES string of the molecule is COc1ccccc1NC(=O)c1cccc(S(=O)(=O)Nc2ccc(C)cc2)c1. The Kier molecular flexibility index (Phi) is 5.65. The average Bonchev–Trinajstić information content (AvgIpc) is 2.70. The molecule has 0 aliphatic rings. The van der Waals surface area contributed by atoms with Crippen molar-refractivity contribution in [3.8, 4) is 5.75 Å². The molecule has 0 atom stereocenters. The topological polar surface area (TPSA) is 84.5 Å². The number of rotatable bonds is 6. The Labute approximate surface area is 164 Å². The van der Waals surface area contributed by atoms with E-state index in [-0.39, 0.29) is 10.5 Å².